The first-order chi connectivity index (χ1) is 9.54. The van der Waals surface area contributed by atoms with Crippen LogP contribution in [0.1, 0.15) is 32.1 Å². The number of nitrogens with one attached hydrogen (secondary N) is 2. The summed E-state index contributed by atoms with van der Waals surface area (Å²) in [4.78, 5) is 35.6. The Morgan fingerprint density at radius 3 is 2.35 bits per heavy atom. The summed E-state index contributed by atoms with van der Waals surface area (Å²) >= 11 is 0. The van der Waals surface area contributed by atoms with Crippen LogP contribution in [-0.4, -0.2) is 53.6 Å². The molecule has 2 fully saturated rings. The number of rotatable bonds is 4. The van der Waals surface area contributed by atoms with Crippen LogP contribution in [0.3, 0.4) is 0 Å². The SMILES string of the molecule is O=C(CN1CC(C(=O)O)C1)NC(=O)NC1CCCCC1. The molecule has 0 spiro atoms. The average Bonchev–Trinajstić information content (AvgIpc) is 2.33. The Morgan fingerprint density at radius 1 is 1.10 bits per heavy atom. The van der Waals surface area contributed by atoms with Gasteiger partial charge in [-0.3, -0.25) is 19.8 Å². The van der Waals surface area contributed by atoms with Gasteiger partial charge in [-0.15, -0.1) is 0 Å². The van der Waals surface area contributed by atoms with E-state index in [9.17, 15) is 14.4 Å². The number of aliphatic carboxylic acids is 1. The van der Waals surface area contributed by atoms with E-state index < -0.39 is 12.0 Å². The van der Waals surface area contributed by atoms with Crippen molar-refractivity contribution in [2.75, 3.05) is 19.6 Å². The van der Waals surface area contributed by atoms with E-state index in [1.807, 2.05) is 0 Å². The summed E-state index contributed by atoms with van der Waals surface area (Å²) in [5, 5.41) is 13.8. The van der Waals surface area contributed by atoms with Crippen molar-refractivity contribution in [3.8, 4) is 0 Å². The molecule has 2 rings (SSSR count). The van der Waals surface area contributed by atoms with Crippen LogP contribution in [0.5, 0.6) is 0 Å². The number of carbonyl (C=O) groups is 3. The van der Waals surface area contributed by atoms with E-state index in [1.165, 1.54) is 6.42 Å². The summed E-state index contributed by atoms with van der Waals surface area (Å²) in [5.74, 6) is -1.61. The fraction of sp³-hybridized carbons (Fsp3) is 0.769. The molecule has 0 bridgehead atoms. The minimum Gasteiger partial charge on any atom is -0.481 e. The second-order valence-corrected chi connectivity index (χ2v) is 5.59. The van der Waals surface area contributed by atoms with Gasteiger partial charge < -0.3 is 10.4 Å². The van der Waals surface area contributed by atoms with Gasteiger partial charge in [0.1, 0.15) is 0 Å². The van der Waals surface area contributed by atoms with Crippen LogP contribution in [0.25, 0.3) is 0 Å². The lowest BCUT2D eigenvalue weighted by Crippen LogP contribution is -2.55. The smallest absolute Gasteiger partial charge is 0.321 e. The highest BCUT2D eigenvalue weighted by molar-refractivity contribution is 5.95. The summed E-state index contributed by atoms with van der Waals surface area (Å²) in [6, 6.07) is -0.283. The van der Waals surface area contributed by atoms with Crippen LogP contribution in [0.2, 0.25) is 0 Å². The number of hydrogen-bond acceptors (Lipinski definition) is 4. The van der Waals surface area contributed by atoms with E-state index >= 15 is 0 Å². The Balaban J connectivity index is 1.62. The van der Waals surface area contributed by atoms with Gasteiger partial charge in [0.15, 0.2) is 0 Å². The molecular weight excluding hydrogens is 262 g/mol. The Morgan fingerprint density at radius 2 is 1.75 bits per heavy atom. The number of likely N-dealkylation sites (tertiary alicyclic amines) is 1. The molecule has 2 aliphatic rings. The zero-order chi connectivity index (χ0) is 14.5. The highest BCUT2D eigenvalue weighted by Gasteiger charge is 2.33. The first-order valence-electron chi connectivity index (χ1n) is 7.10. The van der Waals surface area contributed by atoms with Gasteiger partial charge >= 0.3 is 12.0 Å². The first-order valence-corrected chi connectivity index (χ1v) is 7.10. The number of carboxylic acid groups (broad SMARTS) is 1. The maximum Gasteiger partial charge on any atom is 0.321 e. The van der Waals surface area contributed by atoms with E-state index in [2.05, 4.69) is 10.6 Å². The van der Waals surface area contributed by atoms with Gasteiger partial charge in [0.05, 0.1) is 12.5 Å². The second kappa shape index (κ2) is 6.69. The molecule has 1 aliphatic carbocycles. The summed E-state index contributed by atoms with van der Waals surface area (Å²) in [5.41, 5.74) is 0. The molecule has 112 valence electrons. The van der Waals surface area contributed by atoms with Crippen molar-refractivity contribution in [2.45, 2.75) is 38.1 Å². The highest BCUT2D eigenvalue weighted by atomic mass is 16.4. The minimum absolute atomic E-state index is 0.0713. The van der Waals surface area contributed by atoms with Gasteiger partial charge in [-0.2, -0.15) is 0 Å². The topological polar surface area (TPSA) is 98.7 Å². The third kappa shape index (κ3) is 4.19. The number of imide groups is 1. The van der Waals surface area contributed by atoms with E-state index in [1.54, 1.807) is 4.90 Å². The van der Waals surface area contributed by atoms with Crippen molar-refractivity contribution >= 4 is 17.9 Å². The molecule has 0 radical (unpaired) electrons. The molecule has 3 N–H and O–H groups in total. The Bertz CT molecular complexity index is 387. The largest absolute Gasteiger partial charge is 0.481 e. The van der Waals surface area contributed by atoms with Gasteiger partial charge in [0.25, 0.3) is 0 Å². The predicted molar refractivity (Wildman–Crippen MR) is 71.1 cm³/mol. The minimum atomic E-state index is -0.836. The number of amides is 3. The zero-order valence-electron chi connectivity index (χ0n) is 11.4. The van der Waals surface area contributed by atoms with Crippen molar-refractivity contribution in [3.63, 3.8) is 0 Å². The van der Waals surface area contributed by atoms with E-state index in [4.69, 9.17) is 5.11 Å². The van der Waals surface area contributed by atoms with E-state index in [-0.39, 0.29) is 24.4 Å². The standard InChI is InChI=1S/C13H21N3O4/c17-11(8-16-6-9(7-16)12(18)19)15-13(20)14-10-4-2-1-3-5-10/h9-10H,1-8H2,(H,18,19)(H2,14,15,17,20). The van der Waals surface area contributed by atoms with Crippen molar-refractivity contribution in [3.05, 3.63) is 0 Å². The van der Waals surface area contributed by atoms with Gasteiger partial charge in [0.2, 0.25) is 5.91 Å². The molecule has 1 saturated heterocycles. The zero-order valence-corrected chi connectivity index (χ0v) is 11.4. The van der Waals surface area contributed by atoms with Gasteiger partial charge in [-0.25, -0.2) is 4.79 Å². The molecule has 0 aromatic heterocycles. The summed E-state index contributed by atoms with van der Waals surface area (Å²) in [6.45, 7) is 0.807. The predicted octanol–water partition coefficient (Wildman–Crippen LogP) is 0.161. The van der Waals surface area contributed by atoms with Crippen molar-refractivity contribution in [1.29, 1.82) is 0 Å². The van der Waals surface area contributed by atoms with Crippen LogP contribution in [0.15, 0.2) is 0 Å². The van der Waals surface area contributed by atoms with Crippen LogP contribution in [0.4, 0.5) is 4.79 Å². The summed E-state index contributed by atoms with van der Waals surface area (Å²) in [6.07, 6.45) is 5.37. The molecule has 20 heavy (non-hydrogen) atoms. The highest BCUT2D eigenvalue weighted by Crippen LogP contribution is 2.17. The number of hydrogen-bond donors (Lipinski definition) is 3. The molecule has 0 aromatic carbocycles. The fourth-order valence-electron chi connectivity index (χ4n) is 2.69. The Labute approximate surface area is 117 Å². The van der Waals surface area contributed by atoms with Gasteiger partial charge in [-0.1, -0.05) is 19.3 Å². The molecule has 0 unspecified atom stereocenters. The lowest BCUT2D eigenvalue weighted by Gasteiger charge is -2.35. The van der Waals surface area contributed by atoms with E-state index in [0.29, 0.717) is 13.1 Å². The number of carbonyl (C=O) groups excluding carboxylic acids is 2. The molecule has 1 aliphatic heterocycles. The van der Waals surface area contributed by atoms with Gasteiger partial charge in [0, 0.05) is 19.1 Å². The average molecular weight is 283 g/mol. The molecular formula is C13H21N3O4. The van der Waals surface area contributed by atoms with Crippen molar-refractivity contribution in [2.24, 2.45) is 5.92 Å². The second-order valence-electron chi connectivity index (χ2n) is 5.59. The molecule has 1 saturated carbocycles. The monoisotopic (exact) mass is 283 g/mol. The van der Waals surface area contributed by atoms with Crippen LogP contribution < -0.4 is 10.6 Å². The Hall–Kier alpha value is -1.63. The molecule has 7 heteroatoms. The number of urea groups is 1. The third-order valence-corrected chi connectivity index (χ3v) is 3.87. The Kier molecular flexibility index (Phi) is 4.94. The summed E-state index contributed by atoms with van der Waals surface area (Å²) < 4.78 is 0. The van der Waals surface area contributed by atoms with Crippen molar-refractivity contribution in [1.82, 2.24) is 15.5 Å². The maximum atomic E-state index is 11.6. The number of carboxylic acids is 1. The maximum absolute atomic E-state index is 11.6. The lowest BCUT2D eigenvalue weighted by molar-refractivity contribution is -0.148. The molecule has 7 nitrogen and oxygen atoms in total. The number of nitrogens with zero attached hydrogens (tertiary/aromatic N) is 1. The molecule has 1 heterocycles. The molecule has 0 atom stereocenters. The summed E-state index contributed by atoms with van der Waals surface area (Å²) in [7, 11) is 0. The van der Waals surface area contributed by atoms with Crippen molar-refractivity contribution < 1.29 is 19.5 Å². The third-order valence-electron chi connectivity index (χ3n) is 3.87. The van der Waals surface area contributed by atoms with Crippen LogP contribution >= 0.6 is 0 Å². The van der Waals surface area contributed by atoms with Crippen LogP contribution in [0, 0.1) is 5.92 Å². The van der Waals surface area contributed by atoms with Crippen LogP contribution in [-0.2, 0) is 9.59 Å². The fourth-order valence-corrected chi connectivity index (χ4v) is 2.69. The molecule has 0 aromatic rings. The first kappa shape index (κ1) is 14.8. The lowest BCUT2D eigenvalue weighted by atomic mass is 9.96. The van der Waals surface area contributed by atoms with E-state index in [0.717, 1.165) is 25.7 Å². The normalized spacial score (nSPS) is 21.0. The van der Waals surface area contributed by atoms with Gasteiger partial charge in [-0.05, 0) is 12.8 Å². The molecule has 3 amide bonds. The quantitative estimate of drug-likeness (QED) is 0.682.